The molecule has 0 saturated carbocycles. The molecule has 0 aliphatic carbocycles. The van der Waals surface area contributed by atoms with Crippen LogP contribution in [0.4, 0.5) is 4.39 Å². The maximum Gasteiger partial charge on any atom is 0.277 e. The first-order chi connectivity index (χ1) is 12.6. The Hall–Kier alpha value is -3.20. The molecule has 0 aliphatic heterocycles. The lowest BCUT2D eigenvalue weighted by Crippen LogP contribution is -2.42. The molecule has 7 nitrogen and oxygen atoms in total. The standard InChI is InChI=1S/C17H13FN4O3S/c18-13-8-6-11(7-9-13)15(24)20-19-14(23)10-26-17-22-21-16(25-17)12-4-2-1-3-5-12/h1-9H,10H2,(H,19,23)(H,20,24). The molecular formula is C17H13FN4O3S. The molecule has 3 rings (SSSR count). The van der Waals surface area contributed by atoms with E-state index in [2.05, 4.69) is 21.0 Å². The fourth-order valence-corrected chi connectivity index (χ4v) is 2.49. The highest BCUT2D eigenvalue weighted by molar-refractivity contribution is 7.99. The predicted octanol–water partition coefficient (Wildman–Crippen LogP) is 2.43. The van der Waals surface area contributed by atoms with Crippen LogP contribution in [0.5, 0.6) is 0 Å². The fourth-order valence-electron chi connectivity index (χ4n) is 1.93. The van der Waals surface area contributed by atoms with Crippen LogP contribution in [0.25, 0.3) is 11.5 Å². The van der Waals surface area contributed by atoms with Gasteiger partial charge < -0.3 is 4.42 Å². The zero-order valence-electron chi connectivity index (χ0n) is 13.3. The molecule has 2 aromatic carbocycles. The number of aromatic nitrogens is 2. The Balaban J connectivity index is 1.46. The van der Waals surface area contributed by atoms with E-state index in [1.54, 1.807) is 0 Å². The summed E-state index contributed by atoms with van der Waals surface area (Å²) >= 11 is 1.04. The molecule has 9 heteroatoms. The van der Waals surface area contributed by atoms with Gasteiger partial charge >= 0.3 is 0 Å². The Bertz CT molecular complexity index is 900. The van der Waals surface area contributed by atoms with E-state index in [1.165, 1.54) is 12.1 Å². The molecule has 0 atom stereocenters. The molecule has 0 unspecified atom stereocenters. The monoisotopic (exact) mass is 372 g/mol. The lowest BCUT2D eigenvalue weighted by atomic mass is 10.2. The summed E-state index contributed by atoms with van der Waals surface area (Å²) in [5, 5.41) is 8.01. The number of thioether (sulfide) groups is 1. The summed E-state index contributed by atoms with van der Waals surface area (Å²) in [7, 11) is 0. The van der Waals surface area contributed by atoms with E-state index >= 15 is 0 Å². The molecule has 132 valence electrons. The number of benzene rings is 2. The first-order valence-corrected chi connectivity index (χ1v) is 8.47. The first kappa shape index (κ1) is 17.6. The summed E-state index contributed by atoms with van der Waals surface area (Å²) in [5.74, 6) is -1.12. The zero-order valence-corrected chi connectivity index (χ0v) is 14.1. The minimum atomic E-state index is -0.549. The Kier molecular flexibility index (Phi) is 5.59. The molecule has 0 aliphatic rings. The first-order valence-electron chi connectivity index (χ1n) is 7.48. The third kappa shape index (κ3) is 4.67. The number of amides is 2. The van der Waals surface area contributed by atoms with Gasteiger partial charge in [-0.1, -0.05) is 30.0 Å². The number of hydrogen-bond donors (Lipinski definition) is 2. The van der Waals surface area contributed by atoms with E-state index in [-0.39, 0.29) is 16.5 Å². The van der Waals surface area contributed by atoms with Crippen molar-refractivity contribution >= 4 is 23.6 Å². The van der Waals surface area contributed by atoms with Crippen molar-refractivity contribution in [1.29, 1.82) is 0 Å². The summed E-state index contributed by atoms with van der Waals surface area (Å²) in [5.41, 5.74) is 5.51. The lowest BCUT2D eigenvalue weighted by Gasteiger charge is -2.06. The highest BCUT2D eigenvalue weighted by Gasteiger charge is 2.12. The van der Waals surface area contributed by atoms with Crippen LogP contribution in [-0.2, 0) is 4.79 Å². The number of carbonyl (C=O) groups is 2. The van der Waals surface area contributed by atoms with Gasteiger partial charge in [0.25, 0.3) is 11.1 Å². The summed E-state index contributed by atoms with van der Waals surface area (Å²) < 4.78 is 18.3. The number of hydrazine groups is 1. The Morgan fingerprint density at radius 3 is 2.46 bits per heavy atom. The minimum absolute atomic E-state index is 0.0277. The average molecular weight is 372 g/mol. The van der Waals surface area contributed by atoms with Crippen molar-refractivity contribution in [3.05, 3.63) is 66.0 Å². The third-order valence-electron chi connectivity index (χ3n) is 3.18. The summed E-state index contributed by atoms with van der Waals surface area (Å²) in [4.78, 5) is 23.6. The van der Waals surface area contributed by atoms with Crippen LogP contribution < -0.4 is 10.9 Å². The normalized spacial score (nSPS) is 10.3. The second kappa shape index (κ2) is 8.26. The van der Waals surface area contributed by atoms with Crippen LogP contribution in [0.3, 0.4) is 0 Å². The van der Waals surface area contributed by atoms with Crippen LogP contribution in [0, 0.1) is 5.82 Å². The van der Waals surface area contributed by atoms with Gasteiger partial charge in [-0.3, -0.25) is 20.4 Å². The summed E-state index contributed by atoms with van der Waals surface area (Å²) in [6.07, 6.45) is 0. The zero-order chi connectivity index (χ0) is 18.4. The van der Waals surface area contributed by atoms with Crippen molar-refractivity contribution in [1.82, 2.24) is 21.0 Å². The van der Waals surface area contributed by atoms with Gasteiger partial charge in [-0.05, 0) is 36.4 Å². The van der Waals surface area contributed by atoms with Crippen LogP contribution >= 0.6 is 11.8 Å². The molecule has 3 aromatic rings. The molecule has 2 amide bonds. The van der Waals surface area contributed by atoms with Gasteiger partial charge in [0.1, 0.15) is 5.82 Å². The SMILES string of the molecule is O=C(CSc1nnc(-c2ccccc2)o1)NNC(=O)c1ccc(F)cc1. The third-order valence-corrected chi connectivity index (χ3v) is 3.99. The van der Waals surface area contributed by atoms with Gasteiger partial charge in [-0.2, -0.15) is 0 Å². The molecule has 1 aromatic heterocycles. The van der Waals surface area contributed by atoms with Crippen LogP contribution in [0.2, 0.25) is 0 Å². The maximum atomic E-state index is 12.8. The fraction of sp³-hybridized carbons (Fsp3) is 0.0588. The van der Waals surface area contributed by atoms with Gasteiger partial charge in [-0.15, -0.1) is 10.2 Å². The van der Waals surface area contributed by atoms with E-state index in [4.69, 9.17) is 4.42 Å². The van der Waals surface area contributed by atoms with Gasteiger partial charge in [0, 0.05) is 11.1 Å². The van der Waals surface area contributed by atoms with Crippen molar-refractivity contribution in [3.63, 3.8) is 0 Å². The molecule has 0 radical (unpaired) electrons. The highest BCUT2D eigenvalue weighted by Crippen LogP contribution is 2.22. The topological polar surface area (TPSA) is 97.1 Å². The van der Waals surface area contributed by atoms with E-state index in [9.17, 15) is 14.0 Å². The maximum absolute atomic E-state index is 12.8. The van der Waals surface area contributed by atoms with Crippen molar-refractivity contribution in [2.45, 2.75) is 5.22 Å². The molecular weight excluding hydrogens is 359 g/mol. The number of carbonyl (C=O) groups excluding carboxylic acids is 2. The lowest BCUT2D eigenvalue weighted by molar-refractivity contribution is -0.119. The van der Waals surface area contributed by atoms with Gasteiger partial charge in [-0.25, -0.2) is 4.39 Å². The Morgan fingerprint density at radius 2 is 1.73 bits per heavy atom. The van der Waals surface area contributed by atoms with Gasteiger partial charge in [0.15, 0.2) is 0 Å². The number of rotatable bonds is 5. The Labute approximate surface area is 152 Å². The number of nitrogens with zero attached hydrogens (tertiary/aromatic N) is 2. The number of halogens is 1. The van der Waals surface area contributed by atoms with Crippen LogP contribution in [0.15, 0.2) is 64.2 Å². The minimum Gasteiger partial charge on any atom is -0.411 e. The van der Waals surface area contributed by atoms with E-state index < -0.39 is 17.6 Å². The summed E-state index contributed by atoms with van der Waals surface area (Å²) in [6.45, 7) is 0. The van der Waals surface area contributed by atoms with Gasteiger partial charge in [0.05, 0.1) is 5.75 Å². The predicted molar refractivity (Wildman–Crippen MR) is 92.5 cm³/mol. The second-order valence-corrected chi connectivity index (χ2v) is 5.96. The smallest absolute Gasteiger partial charge is 0.277 e. The van der Waals surface area contributed by atoms with Crippen LogP contribution in [0.1, 0.15) is 10.4 Å². The second-order valence-electron chi connectivity index (χ2n) is 5.04. The molecule has 26 heavy (non-hydrogen) atoms. The highest BCUT2D eigenvalue weighted by atomic mass is 32.2. The van der Waals surface area contributed by atoms with Gasteiger partial charge in [0.2, 0.25) is 11.8 Å². The average Bonchev–Trinajstić information content (AvgIpc) is 3.15. The summed E-state index contributed by atoms with van der Waals surface area (Å²) in [6, 6.07) is 14.2. The van der Waals surface area contributed by atoms with E-state index in [0.717, 1.165) is 29.5 Å². The largest absolute Gasteiger partial charge is 0.411 e. The number of hydrogen-bond acceptors (Lipinski definition) is 6. The molecule has 1 heterocycles. The van der Waals surface area contributed by atoms with Crippen molar-refractivity contribution in [2.75, 3.05) is 5.75 Å². The van der Waals surface area contributed by atoms with E-state index in [1.807, 2.05) is 30.3 Å². The van der Waals surface area contributed by atoms with E-state index in [0.29, 0.717) is 5.89 Å². The number of nitrogens with one attached hydrogen (secondary N) is 2. The van der Waals surface area contributed by atoms with Crippen LogP contribution in [-0.4, -0.2) is 27.8 Å². The molecule has 0 spiro atoms. The molecule has 0 bridgehead atoms. The van der Waals surface area contributed by atoms with Crippen molar-refractivity contribution in [2.24, 2.45) is 0 Å². The Morgan fingerprint density at radius 1 is 1.00 bits per heavy atom. The van der Waals surface area contributed by atoms with Crippen molar-refractivity contribution < 1.29 is 18.4 Å². The molecule has 0 saturated heterocycles. The quantitative estimate of drug-likeness (QED) is 0.527. The molecule has 0 fully saturated rings. The molecule has 2 N–H and O–H groups in total. The van der Waals surface area contributed by atoms with Crippen molar-refractivity contribution in [3.8, 4) is 11.5 Å².